The van der Waals surface area contributed by atoms with E-state index < -0.39 is 12.7 Å². The molecule has 0 radical (unpaired) electrons. The monoisotopic (exact) mass is 375 g/mol. The molecule has 0 aromatic carbocycles. The third-order valence-corrected chi connectivity index (χ3v) is 5.18. The average molecular weight is 375 g/mol. The first-order valence-corrected chi connectivity index (χ1v) is 9.06. The largest absolute Gasteiger partial charge is 0.393 e. The number of fused-ring (bicyclic) bond motifs is 2. The van der Waals surface area contributed by atoms with Crippen LogP contribution in [0.3, 0.4) is 0 Å². The highest BCUT2D eigenvalue weighted by molar-refractivity contribution is 7.15. The summed E-state index contributed by atoms with van der Waals surface area (Å²) in [5, 5.41) is 24.9. The lowest BCUT2D eigenvalue weighted by molar-refractivity contribution is 0.0743. The number of aliphatic hydroxyl groups excluding tert-OH is 2. The summed E-state index contributed by atoms with van der Waals surface area (Å²) in [4.78, 5) is 31.8. The molecule has 2 N–H and O–H groups in total. The van der Waals surface area contributed by atoms with Gasteiger partial charge in [-0.15, -0.1) is 11.3 Å². The summed E-state index contributed by atoms with van der Waals surface area (Å²) in [5.41, 5.74) is 0.779. The molecule has 1 aliphatic heterocycles. The molecule has 1 atom stereocenters. The van der Waals surface area contributed by atoms with E-state index >= 15 is 0 Å². The quantitative estimate of drug-likeness (QED) is 0.668. The first-order valence-electron chi connectivity index (χ1n) is 8.18. The Morgan fingerprint density at radius 2 is 2.23 bits per heavy atom. The predicted octanol–water partition coefficient (Wildman–Crippen LogP) is 0.0243. The highest BCUT2D eigenvalue weighted by Gasteiger charge is 2.25. The number of nitrogens with zero attached hydrogens (tertiary/aromatic N) is 5. The van der Waals surface area contributed by atoms with Crippen molar-refractivity contribution in [3.8, 4) is 0 Å². The standard InChI is InChI=1S/C16H17N5O4S/c22-9-13(23)12-6-10-8-19(2-1-3-21(10)18-12)14(24)11-7-17-16-20(15(11)25)4-5-26-16/h4-7,13,22-23H,1-3,8-9H2. The molecule has 10 heteroatoms. The highest BCUT2D eigenvalue weighted by Crippen LogP contribution is 2.19. The van der Waals surface area contributed by atoms with E-state index in [4.69, 9.17) is 5.11 Å². The van der Waals surface area contributed by atoms with Crippen LogP contribution in [-0.2, 0) is 13.1 Å². The second-order valence-electron chi connectivity index (χ2n) is 6.09. The third kappa shape index (κ3) is 2.81. The number of aliphatic hydroxyl groups is 2. The van der Waals surface area contributed by atoms with Crippen LogP contribution in [-0.4, -0.2) is 53.3 Å². The van der Waals surface area contributed by atoms with Crippen molar-refractivity contribution in [1.82, 2.24) is 24.1 Å². The van der Waals surface area contributed by atoms with Crippen LogP contribution in [0.15, 0.2) is 28.6 Å². The molecule has 0 fully saturated rings. The zero-order valence-electron chi connectivity index (χ0n) is 13.8. The summed E-state index contributed by atoms with van der Waals surface area (Å²) in [7, 11) is 0. The van der Waals surface area contributed by atoms with Crippen LogP contribution in [0.1, 0.15) is 34.3 Å². The number of hydrogen-bond donors (Lipinski definition) is 2. The van der Waals surface area contributed by atoms with Gasteiger partial charge in [-0.25, -0.2) is 4.98 Å². The van der Waals surface area contributed by atoms with Gasteiger partial charge in [0, 0.05) is 30.9 Å². The Bertz CT molecular complexity index is 1020. The summed E-state index contributed by atoms with van der Waals surface area (Å²) < 4.78 is 3.10. The third-order valence-electron chi connectivity index (χ3n) is 4.41. The van der Waals surface area contributed by atoms with E-state index in [2.05, 4.69) is 10.1 Å². The molecule has 3 aromatic heterocycles. The van der Waals surface area contributed by atoms with E-state index in [1.54, 1.807) is 27.2 Å². The number of aryl methyl sites for hydroxylation is 1. The Kier molecular flexibility index (Phi) is 4.31. The molecule has 1 unspecified atom stereocenters. The number of rotatable bonds is 3. The fourth-order valence-electron chi connectivity index (χ4n) is 3.06. The topological polar surface area (TPSA) is 113 Å². The minimum absolute atomic E-state index is 0.0319. The fourth-order valence-corrected chi connectivity index (χ4v) is 3.73. The number of hydrogen-bond acceptors (Lipinski definition) is 7. The van der Waals surface area contributed by atoms with Crippen molar-refractivity contribution in [1.29, 1.82) is 0 Å². The van der Waals surface area contributed by atoms with E-state index in [1.807, 2.05) is 0 Å². The smallest absolute Gasteiger partial charge is 0.271 e. The van der Waals surface area contributed by atoms with Crippen molar-refractivity contribution >= 4 is 22.2 Å². The van der Waals surface area contributed by atoms with Crippen molar-refractivity contribution in [2.75, 3.05) is 13.2 Å². The van der Waals surface area contributed by atoms with Gasteiger partial charge in [0.2, 0.25) is 0 Å². The predicted molar refractivity (Wildman–Crippen MR) is 93.0 cm³/mol. The molecular formula is C16H17N5O4S. The van der Waals surface area contributed by atoms with Gasteiger partial charge in [-0.05, 0) is 12.5 Å². The van der Waals surface area contributed by atoms with Crippen molar-refractivity contribution < 1.29 is 15.0 Å². The summed E-state index contributed by atoms with van der Waals surface area (Å²) >= 11 is 1.33. The van der Waals surface area contributed by atoms with Crippen LogP contribution in [0.5, 0.6) is 0 Å². The van der Waals surface area contributed by atoms with Gasteiger partial charge < -0.3 is 15.1 Å². The molecule has 4 heterocycles. The molecule has 0 spiro atoms. The molecule has 136 valence electrons. The first-order chi connectivity index (χ1) is 12.6. The number of aromatic nitrogens is 4. The first kappa shape index (κ1) is 16.9. The van der Waals surface area contributed by atoms with Gasteiger partial charge in [0.05, 0.1) is 24.5 Å². The molecule has 0 bridgehead atoms. The molecular weight excluding hydrogens is 358 g/mol. The van der Waals surface area contributed by atoms with E-state index in [0.29, 0.717) is 30.2 Å². The fraction of sp³-hybridized carbons (Fsp3) is 0.375. The average Bonchev–Trinajstić information content (AvgIpc) is 3.23. The minimum atomic E-state index is -1.05. The number of carbonyl (C=O) groups is 1. The summed E-state index contributed by atoms with van der Waals surface area (Å²) in [6.07, 6.45) is 2.56. The van der Waals surface area contributed by atoms with Crippen molar-refractivity contribution in [3.63, 3.8) is 0 Å². The highest BCUT2D eigenvalue weighted by atomic mass is 32.1. The van der Waals surface area contributed by atoms with Gasteiger partial charge in [0.25, 0.3) is 11.5 Å². The van der Waals surface area contributed by atoms with Crippen LogP contribution in [0.2, 0.25) is 0 Å². The molecule has 0 aliphatic carbocycles. The molecule has 0 saturated heterocycles. The van der Waals surface area contributed by atoms with Gasteiger partial charge in [0.1, 0.15) is 11.7 Å². The van der Waals surface area contributed by atoms with Crippen LogP contribution < -0.4 is 5.56 Å². The van der Waals surface area contributed by atoms with Gasteiger partial charge in [-0.3, -0.25) is 18.7 Å². The number of carbonyl (C=O) groups excluding carboxylic acids is 1. The van der Waals surface area contributed by atoms with E-state index in [-0.39, 0.29) is 23.6 Å². The molecule has 1 amide bonds. The number of thiazole rings is 1. The minimum Gasteiger partial charge on any atom is -0.393 e. The summed E-state index contributed by atoms with van der Waals surface area (Å²) in [6, 6.07) is 1.68. The van der Waals surface area contributed by atoms with Crippen LogP contribution in [0.25, 0.3) is 4.96 Å². The molecule has 9 nitrogen and oxygen atoms in total. The normalized spacial score (nSPS) is 15.7. The van der Waals surface area contributed by atoms with Gasteiger partial charge in [0.15, 0.2) is 4.96 Å². The lowest BCUT2D eigenvalue weighted by Gasteiger charge is -2.19. The Morgan fingerprint density at radius 1 is 1.38 bits per heavy atom. The van der Waals surface area contributed by atoms with Gasteiger partial charge >= 0.3 is 0 Å². The van der Waals surface area contributed by atoms with Gasteiger partial charge in [-0.2, -0.15) is 5.10 Å². The zero-order chi connectivity index (χ0) is 18.3. The van der Waals surface area contributed by atoms with Crippen LogP contribution >= 0.6 is 11.3 Å². The number of amides is 1. The van der Waals surface area contributed by atoms with Crippen LogP contribution in [0, 0.1) is 0 Å². The second-order valence-corrected chi connectivity index (χ2v) is 6.97. The van der Waals surface area contributed by atoms with Crippen LogP contribution in [0.4, 0.5) is 0 Å². The maximum absolute atomic E-state index is 12.9. The van der Waals surface area contributed by atoms with E-state index in [0.717, 1.165) is 5.69 Å². The Morgan fingerprint density at radius 3 is 3.04 bits per heavy atom. The Hall–Kier alpha value is -2.56. The maximum atomic E-state index is 12.9. The lowest BCUT2D eigenvalue weighted by atomic mass is 10.2. The SMILES string of the molecule is O=C(c1cnc2sccn2c1=O)N1CCCn2nc(C(O)CO)cc2C1. The molecule has 4 rings (SSSR count). The molecule has 0 saturated carbocycles. The van der Waals surface area contributed by atoms with Gasteiger partial charge in [-0.1, -0.05) is 0 Å². The van der Waals surface area contributed by atoms with Crippen molar-refractivity contribution in [3.05, 3.63) is 51.1 Å². The van der Waals surface area contributed by atoms with E-state index in [9.17, 15) is 14.7 Å². The summed E-state index contributed by atoms with van der Waals surface area (Å²) in [5.74, 6) is -0.373. The molecule has 26 heavy (non-hydrogen) atoms. The zero-order valence-corrected chi connectivity index (χ0v) is 14.6. The second kappa shape index (κ2) is 6.63. The van der Waals surface area contributed by atoms with Crippen molar-refractivity contribution in [2.45, 2.75) is 25.6 Å². The maximum Gasteiger partial charge on any atom is 0.271 e. The molecule has 3 aromatic rings. The lowest BCUT2D eigenvalue weighted by Crippen LogP contribution is -2.35. The van der Waals surface area contributed by atoms with E-state index in [1.165, 1.54) is 21.9 Å². The Labute approximate surface area is 151 Å². The Balaban J connectivity index is 1.64. The van der Waals surface area contributed by atoms with Crippen molar-refractivity contribution in [2.24, 2.45) is 0 Å². The molecule has 1 aliphatic rings. The summed E-state index contributed by atoms with van der Waals surface area (Å²) in [6.45, 7) is 0.946.